The van der Waals surface area contributed by atoms with E-state index in [4.69, 9.17) is 10.7 Å². The van der Waals surface area contributed by atoms with Gasteiger partial charge >= 0.3 is 0 Å². The number of hydrogen-bond acceptors (Lipinski definition) is 2. The molecule has 2 nitrogen and oxygen atoms in total. The van der Waals surface area contributed by atoms with Crippen molar-refractivity contribution in [1.29, 1.82) is 0 Å². The van der Waals surface area contributed by atoms with Crippen LogP contribution < -0.4 is 5.73 Å². The predicted octanol–water partition coefficient (Wildman–Crippen LogP) is 5.31. The molecule has 126 valence electrons. The molecule has 1 atom stereocenters. The van der Waals surface area contributed by atoms with Crippen LogP contribution in [0.5, 0.6) is 0 Å². The summed E-state index contributed by atoms with van der Waals surface area (Å²) in [5, 5.41) is 2.05. The van der Waals surface area contributed by atoms with Crippen molar-refractivity contribution in [2.45, 2.75) is 12.3 Å². The normalized spacial score (nSPS) is 15.5. The third-order valence-electron chi connectivity index (χ3n) is 5.28. The van der Waals surface area contributed by atoms with Gasteiger partial charge in [0.1, 0.15) is 11.6 Å². The van der Waals surface area contributed by atoms with Crippen LogP contribution in [-0.2, 0) is 6.42 Å². The molecular weight excluding hydrogens is 323 g/mol. The van der Waals surface area contributed by atoms with Crippen LogP contribution in [-0.4, -0.2) is 4.98 Å². The van der Waals surface area contributed by atoms with Gasteiger partial charge in [0.15, 0.2) is 0 Å². The summed E-state index contributed by atoms with van der Waals surface area (Å²) in [6, 6.07) is 23.3. The van der Waals surface area contributed by atoms with Gasteiger partial charge in [-0.05, 0) is 40.6 Å². The van der Waals surface area contributed by atoms with E-state index in [1.807, 2.05) is 36.4 Å². The van der Waals surface area contributed by atoms with Gasteiger partial charge in [-0.25, -0.2) is 9.37 Å². The fourth-order valence-electron chi connectivity index (χ4n) is 4.13. The van der Waals surface area contributed by atoms with E-state index in [0.717, 1.165) is 39.6 Å². The summed E-state index contributed by atoms with van der Waals surface area (Å²) in [7, 11) is 0. The third-order valence-corrected chi connectivity index (χ3v) is 5.28. The Morgan fingerprint density at radius 1 is 0.885 bits per heavy atom. The number of nitrogens with zero attached hydrogens (tertiary/aromatic N) is 1. The largest absolute Gasteiger partial charge is 0.383 e. The van der Waals surface area contributed by atoms with E-state index < -0.39 is 0 Å². The number of aromatic nitrogens is 1. The van der Waals surface area contributed by atoms with Crippen LogP contribution in [0.3, 0.4) is 0 Å². The molecule has 2 N–H and O–H groups in total. The van der Waals surface area contributed by atoms with E-state index in [-0.39, 0.29) is 11.7 Å². The number of rotatable bonds is 1. The summed E-state index contributed by atoms with van der Waals surface area (Å²) in [5.74, 6) is 0.373. The predicted molar refractivity (Wildman–Crippen MR) is 104 cm³/mol. The Morgan fingerprint density at radius 3 is 2.50 bits per heavy atom. The Balaban J connectivity index is 1.88. The number of halogens is 1. The summed E-state index contributed by atoms with van der Waals surface area (Å²) in [5.41, 5.74) is 11.6. The van der Waals surface area contributed by atoms with E-state index in [0.29, 0.717) is 5.82 Å². The lowest BCUT2D eigenvalue weighted by Gasteiger charge is -2.29. The standard InChI is InChI=1S/C23H17FN2/c24-16-8-5-7-14(12-16)20-13-15-6-1-2-9-17(15)22-21(20)18-10-3-4-11-19(18)23(25)26-22/h1-12,20H,13H2,(H2,25,26). The molecule has 0 saturated heterocycles. The van der Waals surface area contributed by atoms with E-state index in [9.17, 15) is 4.39 Å². The molecule has 1 unspecified atom stereocenters. The Kier molecular flexibility index (Phi) is 3.29. The molecule has 3 heteroatoms. The van der Waals surface area contributed by atoms with Gasteiger partial charge in [-0.15, -0.1) is 0 Å². The van der Waals surface area contributed by atoms with Gasteiger partial charge in [0.25, 0.3) is 0 Å². The molecule has 1 heterocycles. The average Bonchev–Trinajstić information content (AvgIpc) is 2.67. The van der Waals surface area contributed by atoms with Crippen molar-refractivity contribution in [2.75, 3.05) is 5.73 Å². The first-order chi connectivity index (χ1) is 12.7. The molecule has 4 aromatic rings. The zero-order valence-corrected chi connectivity index (χ0v) is 14.1. The quantitative estimate of drug-likeness (QED) is 0.510. The fraction of sp³-hybridized carbons (Fsp3) is 0.0870. The van der Waals surface area contributed by atoms with Crippen LogP contribution >= 0.6 is 0 Å². The van der Waals surface area contributed by atoms with E-state index in [2.05, 4.69) is 18.2 Å². The SMILES string of the molecule is Nc1nc2c(c3ccccc13)C(c1cccc(F)c1)Cc1ccccc1-2. The summed E-state index contributed by atoms with van der Waals surface area (Å²) in [6.45, 7) is 0. The molecule has 1 aliphatic carbocycles. The van der Waals surface area contributed by atoms with Gasteiger partial charge in [-0.1, -0.05) is 60.7 Å². The summed E-state index contributed by atoms with van der Waals surface area (Å²) < 4.78 is 13.9. The van der Waals surface area contributed by atoms with E-state index in [1.165, 1.54) is 11.6 Å². The van der Waals surface area contributed by atoms with Crippen LogP contribution in [0.1, 0.15) is 22.6 Å². The molecule has 1 aliphatic rings. The first kappa shape index (κ1) is 15.1. The molecule has 0 saturated carbocycles. The van der Waals surface area contributed by atoms with Crippen molar-refractivity contribution in [3.63, 3.8) is 0 Å². The summed E-state index contributed by atoms with van der Waals surface area (Å²) in [4.78, 5) is 4.77. The summed E-state index contributed by atoms with van der Waals surface area (Å²) in [6.07, 6.45) is 0.822. The molecule has 0 aliphatic heterocycles. The maximum atomic E-state index is 13.9. The van der Waals surface area contributed by atoms with Crippen molar-refractivity contribution in [3.05, 3.63) is 95.3 Å². The minimum atomic E-state index is -0.212. The minimum absolute atomic E-state index is 0.0496. The second-order valence-electron chi connectivity index (χ2n) is 6.77. The average molecular weight is 340 g/mol. The molecular formula is C23H17FN2. The number of nitrogens with two attached hydrogens (primary N) is 1. The highest BCUT2D eigenvalue weighted by molar-refractivity contribution is 5.98. The lowest BCUT2D eigenvalue weighted by atomic mass is 9.76. The van der Waals surface area contributed by atoms with Gasteiger partial charge < -0.3 is 5.73 Å². The molecule has 0 radical (unpaired) electrons. The second kappa shape index (κ2) is 5.67. The van der Waals surface area contributed by atoms with Crippen molar-refractivity contribution in [3.8, 4) is 11.3 Å². The molecule has 0 amide bonds. The van der Waals surface area contributed by atoms with Crippen molar-refractivity contribution in [1.82, 2.24) is 4.98 Å². The van der Waals surface area contributed by atoms with Gasteiger partial charge in [0.05, 0.1) is 5.69 Å². The third kappa shape index (κ3) is 2.21. The Hall–Kier alpha value is -3.20. The summed E-state index contributed by atoms with van der Waals surface area (Å²) >= 11 is 0. The number of nitrogen functional groups attached to an aromatic ring is 1. The van der Waals surface area contributed by atoms with Crippen molar-refractivity contribution < 1.29 is 4.39 Å². The highest BCUT2D eigenvalue weighted by Gasteiger charge is 2.29. The molecule has 0 bridgehead atoms. The van der Waals surface area contributed by atoms with E-state index >= 15 is 0 Å². The number of hydrogen-bond donors (Lipinski definition) is 1. The minimum Gasteiger partial charge on any atom is -0.383 e. The maximum Gasteiger partial charge on any atom is 0.131 e. The van der Waals surface area contributed by atoms with Crippen LogP contribution in [0.4, 0.5) is 10.2 Å². The van der Waals surface area contributed by atoms with Gasteiger partial charge in [0, 0.05) is 16.9 Å². The van der Waals surface area contributed by atoms with Crippen LogP contribution in [0, 0.1) is 5.82 Å². The van der Waals surface area contributed by atoms with Crippen molar-refractivity contribution in [2.24, 2.45) is 0 Å². The Labute approximate surface area is 151 Å². The highest BCUT2D eigenvalue weighted by Crippen LogP contribution is 2.45. The van der Waals surface area contributed by atoms with Gasteiger partial charge in [-0.3, -0.25) is 0 Å². The van der Waals surface area contributed by atoms with Crippen LogP contribution in [0.2, 0.25) is 0 Å². The smallest absolute Gasteiger partial charge is 0.131 e. The zero-order chi connectivity index (χ0) is 17.7. The molecule has 1 aromatic heterocycles. The highest BCUT2D eigenvalue weighted by atomic mass is 19.1. The second-order valence-corrected chi connectivity index (χ2v) is 6.77. The molecule has 0 fully saturated rings. The lowest BCUT2D eigenvalue weighted by molar-refractivity contribution is 0.622. The van der Waals surface area contributed by atoms with Crippen molar-refractivity contribution >= 4 is 16.6 Å². The van der Waals surface area contributed by atoms with Crippen LogP contribution in [0.25, 0.3) is 22.0 Å². The first-order valence-electron chi connectivity index (χ1n) is 8.74. The van der Waals surface area contributed by atoms with Crippen LogP contribution in [0.15, 0.2) is 72.8 Å². The topological polar surface area (TPSA) is 38.9 Å². The van der Waals surface area contributed by atoms with Gasteiger partial charge in [0.2, 0.25) is 0 Å². The first-order valence-corrected chi connectivity index (χ1v) is 8.74. The fourth-order valence-corrected chi connectivity index (χ4v) is 4.13. The molecule has 26 heavy (non-hydrogen) atoms. The lowest BCUT2D eigenvalue weighted by Crippen LogP contribution is -2.15. The number of benzene rings is 3. The molecule has 3 aromatic carbocycles. The Morgan fingerprint density at radius 2 is 1.65 bits per heavy atom. The maximum absolute atomic E-state index is 13.9. The number of pyridine rings is 1. The zero-order valence-electron chi connectivity index (χ0n) is 14.1. The Bertz CT molecular complexity index is 1150. The van der Waals surface area contributed by atoms with E-state index in [1.54, 1.807) is 12.1 Å². The van der Waals surface area contributed by atoms with Gasteiger partial charge in [-0.2, -0.15) is 0 Å². The number of fused-ring (bicyclic) bond motifs is 5. The molecule has 0 spiro atoms. The molecule has 5 rings (SSSR count). The monoisotopic (exact) mass is 340 g/mol. The number of anilines is 1.